The smallest absolute Gasteiger partial charge is 0.196 e. The molecule has 0 saturated carbocycles. The Labute approximate surface area is 117 Å². The number of carbonyl (C=O) groups excluding carboxylic acids is 1. The van der Waals surface area contributed by atoms with Crippen molar-refractivity contribution in [2.75, 3.05) is 0 Å². The summed E-state index contributed by atoms with van der Waals surface area (Å²) in [6.07, 6.45) is 2.43. The fourth-order valence-corrected chi connectivity index (χ4v) is 2.89. The van der Waals surface area contributed by atoms with Crippen LogP contribution in [0.4, 0.5) is 0 Å². The van der Waals surface area contributed by atoms with E-state index in [1.54, 1.807) is 34.9 Å². The third-order valence-electron chi connectivity index (χ3n) is 2.73. The molecule has 3 aromatic rings. The number of rotatable bonds is 2. The van der Waals surface area contributed by atoms with E-state index in [0.29, 0.717) is 26.2 Å². The summed E-state index contributed by atoms with van der Waals surface area (Å²) in [5, 5.41) is 8.77. The third kappa shape index (κ3) is 1.91. The molecule has 19 heavy (non-hydrogen) atoms. The predicted octanol–water partition coefficient (Wildman–Crippen LogP) is 3.40. The fourth-order valence-electron chi connectivity index (χ4n) is 1.86. The summed E-state index contributed by atoms with van der Waals surface area (Å²) < 4.78 is 2.25. The van der Waals surface area contributed by atoms with Gasteiger partial charge in [-0.3, -0.25) is 9.20 Å². The molecule has 3 rings (SSSR count). The maximum atomic E-state index is 11.3. The van der Waals surface area contributed by atoms with Crippen LogP contribution in [0.1, 0.15) is 16.1 Å². The summed E-state index contributed by atoms with van der Waals surface area (Å²) in [6, 6.07) is 9.00. The van der Waals surface area contributed by atoms with E-state index < -0.39 is 0 Å². The number of fused-ring (bicyclic) bond motifs is 1. The summed E-state index contributed by atoms with van der Waals surface area (Å²) in [5.41, 5.74) is 2.43. The first-order valence-corrected chi connectivity index (χ1v) is 6.55. The molecule has 0 spiro atoms. The zero-order valence-electron chi connectivity index (χ0n) is 9.50. The van der Waals surface area contributed by atoms with Crippen molar-refractivity contribution in [2.45, 2.75) is 0 Å². The first-order chi connectivity index (χ1) is 9.22. The lowest BCUT2D eigenvalue weighted by molar-refractivity contribution is 0.111. The van der Waals surface area contributed by atoms with Gasteiger partial charge in [0.2, 0.25) is 0 Å². The normalized spacial score (nSPS) is 10.5. The first-order valence-electron chi connectivity index (χ1n) is 5.36. The van der Waals surface area contributed by atoms with Crippen molar-refractivity contribution in [2.24, 2.45) is 0 Å². The Bertz CT molecular complexity index is 811. The van der Waals surface area contributed by atoms with Crippen molar-refractivity contribution in [1.82, 2.24) is 9.38 Å². The van der Waals surface area contributed by atoms with Gasteiger partial charge in [-0.15, -0.1) is 0 Å². The zero-order chi connectivity index (χ0) is 13.4. The molecule has 0 unspecified atom stereocenters. The lowest BCUT2D eigenvalue weighted by atomic mass is 10.1. The summed E-state index contributed by atoms with van der Waals surface area (Å²) in [4.78, 5) is 16.3. The van der Waals surface area contributed by atoms with Crippen LogP contribution in [-0.2, 0) is 0 Å². The van der Waals surface area contributed by atoms with E-state index in [1.807, 2.05) is 0 Å². The van der Waals surface area contributed by atoms with Gasteiger partial charge in [0.05, 0.1) is 11.6 Å². The van der Waals surface area contributed by atoms with Crippen LogP contribution >= 0.6 is 22.9 Å². The van der Waals surface area contributed by atoms with Crippen molar-refractivity contribution in [3.63, 3.8) is 0 Å². The topological polar surface area (TPSA) is 58.2 Å². The molecule has 4 nitrogen and oxygen atoms in total. The number of hydrogen-bond donors (Lipinski definition) is 0. The highest BCUT2D eigenvalue weighted by Gasteiger charge is 2.15. The van der Waals surface area contributed by atoms with Crippen molar-refractivity contribution >= 4 is 34.2 Å². The average Bonchev–Trinajstić information content (AvgIpc) is 2.94. The molecule has 0 fully saturated rings. The number of benzene rings is 1. The molecule has 0 radical (unpaired) electrons. The van der Waals surface area contributed by atoms with Crippen molar-refractivity contribution in [3.8, 4) is 17.3 Å². The van der Waals surface area contributed by atoms with Crippen LogP contribution in [0.5, 0.6) is 0 Å². The highest BCUT2D eigenvalue weighted by atomic mass is 35.5. The van der Waals surface area contributed by atoms with Gasteiger partial charge in [0, 0.05) is 11.8 Å². The Morgan fingerprint density at radius 2 is 2.11 bits per heavy atom. The molecule has 6 heteroatoms. The minimum atomic E-state index is 0.461. The van der Waals surface area contributed by atoms with Crippen LogP contribution in [0.15, 0.2) is 30.5 Å². The number of imidazole rings is 1. The van der Waals surface area contributed by atoms with Crippen LogP contribution in [0, 0.1) is 11.3 Å². The molecule has 0 saturated heterocycles. The summed E-state index contributed by atoms with van der Waals surface area (Å²) in [6.45, 7) is 0. The molecule has 2 aromatic heterocycles. The molecule has 1 aromatic carbocycles. The zero-order valence-corrected chi connectivity index (χ0v) is 11.1. The molecule has 0 aliphatic heterocycles. The number of aromatic nitrogens is 2. The van der Waals surface area contributed by atoms with E-state index in [4.69, 9.17) is 16.9 Å². The molecule has 0 atom stereocenters. The fraction of sp³-hybridized carbons (Fsp3) is 0. The molecule has 0 amide bonds. The maximum absolute atomic E-state index is 11.3. The second-order valence-electron chi connectivity index (χ2n) is 3.84. The molecule has 0 aliphatic rings. The summed E-state index contributed by atoms with van der Waals surface area (Å²) in [5.74, 6) is 0. The lowest BCUT2D eigenvalue weighted by Crippen LogP contribution is -1.90. The van der Waals surface area contributed by atoms with Crippen LogP contribution < -0.4 is 0 Å². The van der Waals surface area contributed by atoms with Crippen LogP contribution in [0.3, 0.4) is 0 Å². The Kier molecular flexibility index (Phi) is 2.82. The number of halogens is 1. The molecule has 2 heterocycles. The average molecular weight is 288 g/mol. The highest BCUT2D eigenvalue weighted by Crippen LogP contribution is 2.29. The van der Waals surface area contributed by atoms with E-state index in [-0.39, 0.29) is 0 Å². The minimum Gasteiger partial charge on any atom is -0.296 e. The van der Waals surface area contributed by atoms with Gasteiger partial charge in [-0.2, -0.15) is 5.26 Å². The van der Waals surface area contributed by atoms with Crippen molar-refractivity contribution in [1.29, 1.82) is 5.26 Å². The largest absolute Gasteiger partial charge is 0.296 e. The van der Waals surface area contributed by atoms with Gasteiger partial charge >= 0.3 is 0 Å². The Balaban J connectivity index is 2.21. The van der Waals surface area contributed by atoms with Crippen LogP contribution in [0.2, 0.25) is 4.34 Å². The number of thiazole rings is 1. The Morgan fingerprint density at radius 3 is 2.74 bits per heavy atom. The highest BCUT2D eigenvalue weighted by molar-refractivity contribution is 7.20. The summed E-state index contributed by atoms with van der Waals surface area (Å²) in [7, 11) is 0. The van der Waals surface area contributed by atoms with Crippen LogP contribution in [0.25, 0.3) is 16.2 Å². The molecule has 0 aliphatic carbocycles. The van der Waals surface area contributed by atoms with Crippen molar-refractivity contribution < 1.29 is 4.79 Å². The second kappa shape index (κ2) is 4.50. The van der Waals surface area contributed by atoms with E-state index in [2.05, 4.69) is 11.1 Å². The SMILES string of the molecule is N#Cc1ccc(-c2nc3sc(Cl)cn3c2C=O)cc1. The van der Waals surface area contributed by atoms with Crippen molar-refractivity contribution in [3.05, 3.63) is 46.1 Å². The molecule has 0 bridgehead atoms. The number of nitriles is 1. The van der Waals surface area contributed by atoms with Gasteiger partial charge in [0.15, 0.2) is 11.2 Å². The van der Waals surface area contributed by atoms with Gasteiger partial charge < -0.3 is 0 Å². The Hall–Kier alpha value is -2.16. The van der Waals surface area contributed by atoms with Crippen LogP contribution in [-0.4, -0.2) is 15.7 Å². The number of carbonyl (C=O) groups is 1. The third-order valence-corrected chi connectivity index (χ3v) is 3.83. The van der Waals surface area contributed by atoms with Gasteiger partial charge in [-0.1, -0.05) is 35.1 Å². The van der Waals surface area contributed by atoms with E-state index in [1.165, 1.54) is 11.3 Å². The first kappa shape index (κ1) is 11.9. The minimum absolute atomic E-state index is 0.461. The molecular formula is C13H6ClN3OS. The van der Waals surface area contributed by atoms with Gasteiger partial charge in [0.25, 0.3) is 0 Å². The molecule has 0 N–H and O–H groups in total. The summed E-state index contributed by atoms with van der Waals surface area (Å²) >= 11 is 7.21. The Morgan fingerprint density at radius 1 is 1.37 bits per heavy atom. The quantitative estimate of drug-likeness (QED) is 0.679. The number of nitrogens with zero attached hydrogens (tertiary/aromatic N) is 3. The van der Waals surface area contributed by atoms with E-state index in [0.717, 1.165) is 11.8 Å². The van der Waals surface area contributed by atoms with E-state index >= 15 is 0 Å². The lowest BCUT2D eigenvalue weighted by Gasteiger charge is -1.98. The predicted molar refractivity (Wildman–Crippen MR) is 73.6 cm³/mol. The van der Waals surface area contributed by atoms with Gasteiger partial charge in [-0.05, 0) is 12.1 Å². The van der Waals surface area contributed by atoms with Gasteiger partial charge in [-0.25, -0.2) is 4.98 Å². The number of hydrogen-bond acceptors (Lipinski definition) is 4. The van der Waals surface area contributed by atoms with Gasteiger partial charge in [0.1, 0.15) is 15.7 Å². The second-order valence-corrected chi connectivity index (χ2v) is 5.48. The molecule has 92 valence electrons. The number of aldehydes is 1. The monoisotopic (exact) mass is 287 g/mol. The molecular weight excluding hydrogens is 282 g/mol. The maximum Gasteiger partial charge on any atom is 0.196 e. The van der Waals surface area contributed by atoms with E-state index in [9.17, 15) is 4.79 Å². The standard InChI is InChI=1S/C13H6ClN3OS/c14-11-6-17-10(7-18)12(16-13(17)19-11)9-3-1-8(5-15)2-4-9/h1-4,6-7H.